The van der Waals surface area contributed by atoms with Gasteiger partial charge >= 0.3 is 0 Å². The molecule has 104 valence electrons. The first-order chi connectivity index (χ1) is 9.72. The molecule has 0 saturated heterocycles. The van der Waals surface area contributed by atoms with Gasteiger partial charge in [0.2, 0.25) is 0 Å². The van der Waals surface area contributed by atoms with E-state index >= 15 is 0 Å². The zero-order valence-electron chi connectivity index (χ0n) is 12.5. The lowest BCUT2D eigenvalue weighted by molar-refractivity contribution is 0.803. The van der Waals surface area contributed by atoms with Crippen molar-refractivity contribution in [3.05, 3.63) is 70.8 Å². The summed E-state index contributed by atoms with van der Waals surface area (Å²) in [6.45, 7) is 5.95. The van der Waals surface area contributed by atoms with E-state index in [2.05, 4.69) is 61.6 Å². The molecule has 0 radical (unpaired) electrons. The van der Waals surface area contributed by atoms with E-state index in [0.29, 0.717) is 0 Å². The van der Waals surface area contributed by atoms with Crippen LogP contribution in [0, 0.1) is 13.8 Å². The topological polar surface area (TPSA) is 24.4 Å². The van der Waals surface area contributed by atoms with Crippen LogP contribution in [0.2, 0.25) is 0 Å². The second-order valence-corrected chi connectivity index (χ2v) is 5.02. The van der Waals surface area contributed by atoms with Crippen molar-refractivity contribution in [2.75, 3.05) is 20.1 Å². The van der Waals surface area contributed by atoms with Crippen molar-refractivity contribution in [2.45, 2.75) is 13.8 Å². The molecule has 0 fully saturated rings. The summed E-state index contributed by atoms with van der Waals surface area (Å²) in [6, 6.07) is 16.9. The van der Waals surface area contributed by atoms with Gasteiger partial charge in [0.05, 0.1) is 12.3 Å². The van der Waals surface area contributed by atoms with Crippen LogP contribution >= 0.6 is 0 Å². The summed E-state index contributed by atoms with van der Waals surface area (Å²) in [4.78, 5) is 4.80. The van der Waals surface area contributed by atoms with Crippen molar-refractivity contribution >= 4 is 5.71 Å². The van der Waals surface area contributed by atoms with Gasteiger partial charge in [-0.1, -0.05) is 54.1 Å². The second kappa shape index (κ2) is 7.01. The number of hydrogen-bond acceptors (Lipinski definition) is 2. The lowest BCUT2D eigenvalue weighted by Crippen LogP contribution is -2.13. The Balaban J connectivity index is 2.43. The van der Waals surface area contributed by atoms with Gasteiger partial charge in [0.15, 0.2) is 0 Å². The molecule has 20 heavy (non-hydrogen) atoms. The van der Waals surface area contributed by atoms with E-state index < -0.39 is 0 Å². The Hall–Kier alpha value is -1.93. The van der Waals surface area contributed by atoms with Crippen LogP contribution in [0.3, 0.4) is 0 Å². The standard InChI is InChI=1S/C18H22N2/c1-14-9-10-17(15(2)13-14)18(20-12-11-19-3)16-7-5-4-6-8-16/h4-10,13,19H,11-12H2,1-3H3. The van der Waals surface area contributed by atoms with Gasteiger partial charge < -0.3 is 5.32 Å². The fourth-order valence-corrected chi connectivity index (χ4v) is 2.29. The Morgan fingerprint density at radius 3 is 2.45 bits per heavy atom. The third-order valence-electron chi connectivity index (χ3n) is 3.32. The molecule has 0 spiro atoms. The molecule has 2 nitrogen and oxygen atoms in total. The minimum Gasteiger partial charge on any atom is -0.318 e. The van der Waals surface area contributed by atoms with Gasteiger partial charge in [-0.05, 0) is 26.5 Å². The Labute approximate surface area is 121 Å². The molecule has 0 atom stereocenters. The van der Waals surface area contributed by atoms with E-state index in [-0.39, 0.29) is 0 Å². The van der Waals surface area contributed by atoms with Crippen LogP contribution in [-0.2, 0) is 0 Å². The average molecular weight is 266 g/mol. The predicted octanol–water partition coefficient (Wildman–Crippen LogP) is 3.36. The summed E-state index contributed by atoms with van der Waals surface area (Å²) in [5, 5.41) is 3.14. The molecule has 2 rings (SSSR count). The second-order valence-electron chi connectivity index (χ2n) is 5.02. The molecule has 2 aromatic rings. The first-order valence-corrected chi connectivity index (χ1v) is 7.04. The van der Waals surface area contributed by atoms with Gasteiger partial charge in [-0.3, -0.25) is 4.99 Å². The number of aliphatic imine (C=N–C) groups is 1. The Kier molecular flexibility index (Phi) is 5.08. The highest BCUT2D eigenvalue weighted by Gasteiger charge is 2.09. The molecule has 0 unspecified atom stereocenters. The van der Waals surface area contributed by atoms with Crippen LogP contribution in [0.25, 0.3) is 0 Å². The summed E-state index contributed by atoms with van der Waals surface area (Å²) in [7, 11) is 1.95. The van der Waals surface area contributed by atoms with Crippen molar-refractivity contribution in [3.8, 4) is 0 Å². The fraction of sp³-hybridized carbons (Fsp3) is 0.278. The number of benzene rings is 2. The molecule has 2 heteroatoms. The molecule has 0 aliphatic carbocycles. The minimum atomic E-state index is 0.786. The molecule has 0 saturated carbocycles. The molecule has 0 aliphatic heterocycles. The van der Waals surface area contributed by atoms with Gasteiger partial charge in [0.25, 0.3) is 0 Å². The monoisotopic (exact) mass is 266 g/mol. The molecule has 0 heterocycles. The first-order valence-electron chi connectivity index (χ1n) is 7.04. The molecule has 0 amide bonds. The number of hydrogen-bond donors (Lipinski definition) is 1. The quantitative estimate of drug-likeness (QED) is 0.651. The Morgan fingerprint density at radius 1 is 1.05 bits per heavy atom. The van der Waals surface area contributed by atoms with Crippen LogP contribution in [0.5, 0.6) is 0 Å². The van der Waals surface area contributed by atoms with E-state index in [1.807, 2.05) is 13.1 Å². The van der Waals surface area contributed by atoms with Crippen LogP contribution in [0.15, 0.2) is 53.5 Å². The number of aryl methyl sites for hydroxylation is 2. The van der Waals surface area contributed by atoms with E-state index in [9.17, 15) is 0 Å². The maximum atomic E-state index is 4.80. The van der Waals surface area contributed by atoms with Crippen molar-refractivity contribution in [2.24, 2.45) is 4.99 Å². The van der Waals surface area contributed by atoms with Crippen molar-refractivity contribution in [3.63, 3.8) is 0 Å². The zero-order chi connectivity index (χ0) is 14.4. The van der Waals surface area contributed by atoms with Crippen LogP contribution in [0.1, 0.15) is 22.3 Å². The molecule has 0 aliphatic rings. The van der Waals surface area contributed by atoms with Gasteiger partial charge in [0.1, 0.15) is 0 Å². The number of likely N-dealkylation sites (N-methyl/N-ethyl adjacent to an activating group) is 1. The summed E-state index contributed by atoms with van der Waals surface area (Å²) >= 11 is 0. The summed E-state index contributed by atoms with van der Waals surface area (Å²) < 4.78 is 0. The van der Waals surface area contributed by atoms with Crippen LogP contribution in [-0.4, -0.2) is 25.8 Å². The highest BCUT2D eigenvalue weighted by Crippen LogP contribution is 2.16. The molecule has 0 bridgehead atoms. The Bertz CT molecular complexity index is 586. The fourth-order valence-electron chi connectivity index (χ4n) is 2.29. The van der Waals surface area contributed by atoms with Crippen molar-refractivity contribution in [1.29, 1.82) is 0 Å². The maximum absolute atomic E-state index is 4.80. The van der Waals surface area contributed by atoms with Gasteiger partial charge in [-0.15, -0.1) is 0 Å². The number of nitrogens with zero attached hydrogens (tertiary/aromatic N) is 1. The van der Waals surface area contributed by atoms with Gasteiger partial charge in [-0.2, -0.15) is 0 Å². The minimum absolute atomic E-state index is 0.786. The third kappa shape index (κ3) is 3.55. The zero-order valence-corrected chi connectivity index (χ0v) is 12.5. The lowest BCUT2D eigenvalue weighted by Gasteiger charge is -2.11. The number of nitrogens with one attached hydrogen (secondary N) is 1. The maximum Gasteiger partial charge on any atom is 0.0722 e. The number of rotatable bonds is 5. The van der Waals surface area contributed by atoms with Crippen LogP contribution < -0.4 is 5.32 Å². The highest BCUT2D eigenvalue weighted by molar-refractivity contribution is 6.13. The third-order valence-corrected chi connectivity index (χ3v) is 3.32. The van der Waals surface area contributed by atoms with E-state index in [1.54, 1.807) is 0 Å². The summed E-state index contributed by atoms with van der Waals surface area (Å²) in [6.07, 6.45) is 0. The lowest BCUT2D eigenvalue weighted by atomic mass is 9.96. The molecular formula is C18H22N2. The van der Waals surface area contributed by atoms with Gasteiger partial charge in [0, 0.05) is 17.7 Å². The van der Waals surface area contributed by atoms with E-state index in [0.717, 1.165) is 18.8 Å². The molecule has 0 aromatic heterocycles. The predicted molar refractivity (Wildman–Crippen MR) is 86.8 cm³/mol. The normalized spacial score (nSPS) is 11.7. The largest absolute Gasteiger partial charge is 0.318 e. The highest BCUT2D eigenvalue weighted by atomic mass is 14.9. The summed E-state index contributed by atoms with van der Waals surface area (Å²) in [5.41, 5.74) is 6.04. The first kappa shape index (κ1) is 14.5. The van der Waals surface area contributed by atoms with E-state index in [4.69, 9.17) is 4.99 Å². The van der Waals surface area contributed by atoms with Gasteiger partial charge in [-0.25, -0.2) is 0 Å². The smallest absolute Gasteiger partial charge is 0.0722 e. The SMILES string of the molecule is CNCCN=C(c1ccccc1)c1ccc(C)cc1C. The summed E-state index contributed by atoms with van der Waals surface area (Å²) in [5.74, 6) is 0. The molecular weight excluding hydrogens is 244 g/mol. The molecule has 1 N–H and O–H groups in total. The van der Waals surface area contributed by atoms with Crippen molar-refractivity contribution in [1.82, 2.24) is 5.32 Å². The average Bonchev–Trinajstić information content (AvgIpc) is 2.46. The van der Waals surface area contributed by atoms with Crippen molar-refractivity contribution < 1.29 is 0 Å². The molecule has 2 aromatic carbocycles. The van der Waals surface area contributed by atoms with Crippen LogP contribution in [0.4, 0.5) is 0 Å². The van der Waals surface area contributed by atoms with E-state index in [1.165, 1.54) is 22.3 Å². The Morgan fingerprint density at radius 2 is 1.80 bits per heavy atom.